The van der Waals surface area contributed by atoms with Crippen LogP contribution >= 0.6 is 23.1 Å². The molecule has 3 rings (SSSR count). The molecule has 176 valence electrons. The molecule has 0 spiro atoms. The smallest absolute Gasteiger partial charge is 0.422 e. The first-order chi connectivity index (χ1) is 15.5. The normalized spacial score (nSPS) is 11.9. The van der Waals surface area contributed by atoms with Gasteiger partial charge < -0.3 is 15.2 Å². The first kappa shape index (κ1) is 24.8. The van der Waals surface area contributed by atoms with Crippen molar-refractivity contribution in [2.75, 3.05) is 18.5 Å². The molecule has 0 unspecified atom stereocenters. The molecule has 33 heavy (non-hydrogen) atoms. The van der Waals surface area contributed by atoms with E-state index in [2.05, 4.69) is 20.3 Å². The third-order valence-corrected chi connectivity index (χ3v) is 6.45. The van der Waals surface area contributed by atoms with Crippen molar-refractivity contribution in [2.24, 2.45) is 0 Å². The summed E-state index contributed by atoms with van der Waals surface area (Å²) in [7, 11) is 0. The number of hydrogen-bond donors (Lipinski definition) is 2. The van der Waals surface area contributed by atoms with Crippen molar-refractivity contribution < 1.29 is 27.8 Å². The highest BCUT2D eigenvalue weighted by Gasteiger charge is 2.30. The maximum absolute atomic E-state index is 12.3. The minimum atomic E-state index is -4.40. The molecule has 2 aromatic heterocycles. The Kier molecular flexibility index (Phi) is 7.80. The lowest BCUT2D eigenvalue weighted by atomic mass is 10.1. The fourth-order valence-corrected chi connectivity index (χ4v) is 4.74. The average molecular weight is 499 g/mol. The van der Waals surface area contributed by atoms with E-state index in [-0.39, 0.29) is 5.75 Å². The standard InChI is InChI=1S/C21H21F3N4O3S2/c1-20(2,17(29)30)33-19-28-15(11-32-19)6-7-25-18-26-9-14(10-27-18)13-4-3-5-16(8-13)31-12-21(22,23)24/h3-5,8-11H,6-7,12H2,1-2H3,(H,29,30)(H,25,26,27). The number of hydrogen-bond acceptors (Lipinski definition) is 8. The molecule has 0 bridgehead atoms. The fraction of sp³-hybridized carbons (Fsp3) is 0.333. The van der Waals surface area contributed by atoms with Gasteiger partial charge in [-0.25, -0.2) is 15.0 Å². The zero-order valence-corrected chi connectivity index (χ0v) is 19.4. The van der Waals surface area contributed by atoms with Crippen molar-refractivity contribution in [1.82, 2.24) is 15.0 Å². The van der Waals surface area contributed by atoms with Crippen molar-refractivity contribution in [1.29, 1.82) is 0 Å². The molecule has 0 radical (unpaired) electrons. The molecular weight excluding hydrogens is 477 g/mol. The number of rotatable bonds is 10. The molecule has 0 atom stereocenters. The molecule has 0 fully saturated rings. The molecule has 0 aliphatic rings. The Labute approximate surface area is 196 Å². The Bertz CT molecular complexity index is 1090. The molecular formula is C21H21F3N4O3S2. The van der Waals surface area contributed by atoms with Gasteiger partial charge in [0, 0.05) is 36.3 Å². The molecule has 0 saturated carbocycles. The summed E-state index contributed by atoms with van der Waals surface area (Å²) in [4.78, 5) is 24.2. The number of aromatic nitrogens is 3. The van der Waals surface area contributed by atoms with E-state index >= 15 is 0 Å². The number of nitrogens with zero attached hydrogens (tertiary/aromatic N) is 3. The maximum atomic E-state index is 12.3. The Balaban J connectivity index is 1.52. The Morgan fingerprint density at radius 1 is 1.21 bits per heavy atom. The van der Waals surface area contributed by atoms with Crippen molar-refractivity contribution in [3.63, 3.8) is 0 Å². The molecule has 0 amide bonds. The summed E-state index contributed by atoms with van der Waals surface area (Å²) in [5, 5.41) is 14.2. The van der Waals surface area contributed by atoms with Crippen molar-refractivity contribution in [2.45, 2.75) is 35.5 Å². The zero-order valence-electron chi connectivity index (χ0n) is 17.7. The van der Waals surface area contributed by atoms with Crippen LogP contribution in [0.15, 0.2) is 46.4 Å². The second-order valence-electron chi connectivity index (χ2n) is 7.43. The Morgan fingerprint density at radius 2 is 1.94 bits per heavy atom. The fourth-order valence-electron chi connectivity index (χ4n) is 2.51. The third kappa shape index (κ3) is 7.60. The van der Waals surface area contributed by atoms with Crippen LogP contribution in [0, 0.1) is 0 Å². The van der Waals surface area contributed by atoms with Crippen LogP contribution < -0.4 is 10.1 Å². The highest BCUT2D eigenvalue weighted by molar-refractivity contribution is 8.02. The van der Waals surface area contributed by atoms with Gasteiger partial charge in [-0.1, -0.05) is 23.9 Å². The lowest BCUT2D eigenvalue weighted by Gasteiger charge is -2.15. The number of carboxylic acid groups (broad SMARTS) is 1. The Morgan fingerprint density at radius 3 is 2.61 bits per heavy atom. The van der Waals surface area contributed by atoms with Crippen LogP contribution in [0.1, 0.15) is 19.5 Å². The first-order valence-corrected chi connectivity index (χ1v) is 11.4. The number of carbonyl (C=O) groups is 1. The van der Waals surface area contributed by atoms with E-state index in [1.165, 1.54) is 35.2 Å². The lowest BCUT2D eigenvalue weighted by Crippen LogP contribution is -2.26. The number of carboxylic acids is 1. The van der Waals surface area contributed by atoms with E-state index in [1.54, 1.807) is 38.4 Å². The van der Waals surface area contributed by atoms with Gasteiger partial charge >= 0.3 is 12.1 Å². The predicted octanol–water partition coefficient (Wildman–Crippen LogP) is 5.15. The number of anilines is 1. The molecule has 7 nitrogen and oxygen atoms in total. The van der Waals surface area contributed by atoms with Crippen molar-refractivity contribution in [3.8, 4) is 16.9 Å². The molecule has 2 N–H and O–H groups in total. The molecule has 0 saturated heterocycles. The van der Waals surface area contributed by atoms with Gasteiger partial charge in [-0.3, -0.25) is 4.79 Å². The second kappa shape index (κ2) is 10.4. The van der Waals surface area contributed by atoms with Crippen LogP contribution in [-0.2, 0) is 11.2 Å². The monoisotopic (exact) mass is 498 g/mol. The summed E-state index contributed by atoms with van der Waals surface area (Å²) in [6, 6.07) is 6.29. The molecule has 1 aromatic carbocycles. The highest BCUT2D eigenvalue weighted by Crippen LogP contribution is 2.34. The van der Waals surface area contributed by atoms with Gasteiger partial charge in [0.15, 0.2) is 10.9 Å². The van der Waals surface area contributed by atoms with Gasteiger partial charge in [-0.05, 0) is 31.5 Å². The van der Waals surface area contributed by atoms with E-state index in [0.29, 0.717) is 34.4 Å². The van der Waals surface area contributed by atoms with Gasteiger partial charge in [0.25, 0.3) is 0 Å². The van der Waals surface area contributed by atoms with Crippen LogP contribution in [0.4, 0.5) is 19.1 Å². The summed E-state index contributed by atoms with van der Waals surface area (Å²) in [5.41, 5.74) is 2.11. The van der Waals surface area contributed by atoms with Crippen LogP contribution in [0.5, 0.6) is 5.75 Å². The number of thiazole rings is 1. The van der Waals surface area contributed by atoms with Crippen LogP contribution in [0.3, 0.4) is 0 Å². The number of benzene rings is 1. The number of alkyl halides is 3. The summed E-state index contributed by atoms with van der Waals surface area (Å²) in [5.74, 6) is -0.383. The van der Waals surface area contributed by atoms with Crippen molar-refractivity contribution in [3.05, 3.63) is 47.7 Å². The molecule has 3 aromatic rings. The van der Waals surface area contributed by atoms with Gasteiger partial charge in [-0.15, -0.1) is 11.3 Å². The quantitative estimate of drug-likeness (QED) is 0.371. The minimum Gasteiger partial charge on any atom is -0.484 e. The van der Waals surface area contributed by atoms with E-state index < -0.39 is 23.5 Å². The van der Waals surface area contributed by atoms with E-state index in [0.717, 1.165) is 5.69 Å². The van der Waals surface area contributed by atoms with Gasteiger partial charge in [0.05, 0.1) is 5.69 Å². The molecule has 0 aliphatic heterocycles. The summed E-state index contributed by atoms with van der Waals surface area (Å²) < 4.78 is 41.5. The van der Waals surface area contributed by atoms with E-state index in [4.69, 9.17) is 4.74 Å². The summed E-state index contributed by atoms with van der Waals surface area (Å²) >= 11 is 2.61. The SMILES string of the molecule is CC(C)(Sc1nc(CCNc2ncc(-c3cccc(OCC(F)(F)F)c3)cn2)cs1)C(=O)O. The van der Waals surface area contributed by atoms with Gasteiger partial charge in [-0.2, -0.15) is 13.2 Å². The largest absolute Gasteiger partial charge is 0.484 e. The summed E-state index contributed by atoms with van der Waals surface area (Å²) in [6.07, 6.45) is -0.651. The topological polar surface area (TPSA) is 97.2 Å². The highest BCUT2D eigenvalue weighted by atomic mass is 32.2. The number of thioether (sulfide) groups is 1. The van der Waals surface area contributed by atoms with Crippen molar-refractivity contribution >= 4 is 35.0 Å². The third-order valence-electron chi connectivity index (χ3n) is 4.27. The molecule has 2 heterocycles. The number of aliphatic carboxylic acids is 1. The number of nitrogens with one attached hydrogen (secondary N) is 1. The maximum Gasteiger partial charge on any atom is 0.422 e. The Hall–Kier alpha value is -2.86. The van der Waals surface area contributed by atoms with E-state index in [1.807, 2.05) is 5.38 Å². The molecule has 0 aliphatic carbocycles. The summed E-state index contributed by atoms with van der Waals surface area (Å²) in [6.45, 7) is 2.44. The van der Waals surface area contributed by atoms with Crippen LogP contribution in [-0.4, -0.2) is 50.1 Å². The predicted molar refractivity (Wildman–Crippen MR) is 121 cm³/mol. The first-order valence-electron chi connectivity index (χ1n) is 9.74. The minimum absolute atomic E-state index is 0.111. The van der Waals surface area contributed by atoms with Gasteiger partial charge in [0.1, 0.15) is 10.5 Å². The lowest BCUT2D eigenvalue weighted by molar-refractivity contribution is -0.153. The number of ether oxygens (including phenoxy) is 1. The zero-order chi connectivity index (χ0) is 24.1. The second-order valence-corrected chi connectivity index (χ2v) is 10.2. The van der Waals surface area contributed by atoms with Gasteiger partial charge in [0.2, 0.25) is 5.95 Å². The molecule has 12 heteroatoms. The van der Waals surface area contributed by atoms with E-state index in [9.17, 15) is 23.1 Å². The average Bonchev–Trinajstić information content (AvgIpc) is 3.19. The van der Waals surface area contributed by atoms with Crippen LogP contribution in [0.25, 0.3) is 11.1 Å². The number of halogens is 3. The van der Waals surface area contributed by atoms with Crippen LogP contribution in [0.2, 0.25) is 0 Å².